The van der Waals surface area contributed by atoms with E-state index in [1.54, 1.807) is 0 Å². The highest BCUT2D eigenvalue weighted by molar-refractivity contribution is 5.00. The molecule has 1 fully saturated rings. The van der Waals surface area contributed by atoms with E-state index in [4.69, 9.17) is 5.11 Å². The molecule has 0 bridgehead atoms. The first kappa shape index (κ1) is 12.7. The summed E-state index contributed by atoms with van der Waals surface area (Å²) in [7, 11) is 0. The van der Waals surface area contributed by atoms with Gasteiger partial charge in [0, 0.05) is 6.61 Å². The molecule has 0 heterocycles. The Balaban J connectivity index is 2.29. The van der Waals surface area contributed by atoms with Gasteiger partial charge in [0.1, 0.15) is 0 Å². The van der Waals surface area contributed by atoms with Gasteiger partial charge in [-0.15, -0.1) is 0 Å². The van der Waals surface area contributed by atoms with Gasteiger partial charge in [-0.05, 0) is 38.5 Å². The predicted molar refractivity (Wildman–Crippen MR) is 62.7 cm³/mol. The van der Waals surface area contributed by atoms with E-state index in [1.165, 1.54) is 37.7 Å². The van der Waals surface area contributed by atoms with Crippen LogP contribution >= 0.6 is 0 Å². The molecule has 0 aromatic carbocycles. The van der Waals surface area contributed by atoms with E-state index in [-0.39, 0.29) is 12.7 Å². The third-order valence-electron chi connectivity index (χ3n) is 3.35. The zero-order chi connectivity index (χ0) is 11.1. The van der Waals surface area contributed by atoms with Gasteiger partial charge < -0.3 is 10.2 Å². The Morgan fingerprint density at radius 1 is 1.33 bits per heavy atom. The molecule has 0 amide bonds. The van der Waals surface area contributed by atoms with E-state index < -0.39 is 0 Å². The SMILES string of the molecule is C/C(=C/CCO)C[C@@H](O)C1CCCCC1. The van der Waals surface area contributed by atoms with Crippen molar-refractivity contribution < 1.29 is 10.2 Å². The molecule has 0 unspecified atom stereocenters. The van der Waals surface area contributed by atoms with Crippen LogP contribution in [0.3, 0.4) is 0 Å². The Bertz CT molecular complexity index is 193. The van der Waals surface area contributed by atoms with Crippen molar-refractivity contribution >= 4 is 0 Å². The summed E-state index contributed by atoms with van der Waals surface area (Å²) in [5.41, 5.74) is 1.21. The minimum absolute atomic E-state index is 0.166. The summed E-state index contributed by atoms with van der Waals surface area (Å²) in [6, 6.07) is 0. The van der Waals surface area contributed by atoms with Crippen molar-refractivity contribution in [2.75, 3.05) is 6.61 Å². The van der Waals surface area contributed by atoms with Crippen molar-refractivity contribution in [3.63, 3.8) is 0 Å². The van der Waals surface area contributed by atoms with Crippen molar-refractivity contribution in [3.05, 3.63) is 11.6 Å². The summed E-state index contributed by atoms with van der Waals surface area (Å²) in [5.74, 6) is 0.510. The second kappa shape index (κ2) is 7.02. The standard InChI is InChI=1S/C13H24O2/c1-11(6-5-9-14)10-13(15)12-7-3-2-4-8-12/h6,12-15H,2-5,7-10H2,1H3/b11-6-/t13-/m1/s1. The maximum Gasteiger partial charge on any atom is 0.0605 e. The fourth-order valence-electron chi connectivity index (χ4n) is 2.41. The normalized spacial score (nSPS) is 21.7. The molecular formula is C13H24O2. The van der Waals surface area contributed by atoms with Gasteiger partial charge in [0.15, 0.2) is 0 Å². The monoisotopic (exact) mass is 212 g/mol. The maximum absolute atomic E-state index is 10.0. The van der Waals surface area contributed by atoms with Crippen molar-refractivity contribution in [3.8, 4) is 0 Å². The van der Waals surface area contributed by atoms with E-state index in [9.17, 15) is 5.11 Å². The van der Waals surface area contributed by atoms with Crippen LogP contribution in [-0.4, -0.2) is 22.9 Å². The van der Waals surface area contributed by atoms with Crippen LogP contribution in [0.1, 0.15) is 51.9 Å². The predicted octanol–water partition coefficient (Wildman–Crippen LogP) is 2.65. The van der Waals surface area contributed by atoms with E-state index in [0.717, 1.165) is 6.42 Å². The molecule has 1 rings (SSSR count). The third kappa shape index (κ3) is 4.80. The Morgan fingerprint density at radius 2 is 2.00 bits per heavy atom. The number of aliphatic hydroxyl groups excluding tert-OH is 2. The molecule has 0 radical (unpaired) electrons. The lowest BCUT2D eigenvalue weighted by molar-refractivity contribution is 0.0850. The van der Waals surface area contributed by atoms with Crippen LogP contribution in [0.5, 0.6) is 0 Å². The summed E-state index contributed by atoms with van der Waals surface area (Å²) >= 11 is 0. The lowest BCUT2D eigenvalue weighted by Gasteiger charge is -2.26. The van der Waals surface area contributed by atoms with Gasteiger partial charge in [0.05, 0.1) is 6.10 Å². The summed E-state index contributed by atoms with van der Waals surface area (Å²) in [6.07, 6.45) is 9.63. The quantitative estimate of drug-likeness (QED) is 0.688. The van der Waals surface area contributed by atoms with Crippen LogP contribution < -0.4 is 0 Å². The molecule has 0 saturated heterocycles. The first-order valence-electron chi connectivity index (χ1n) is 6.18. The fourth-order valence-corrected chi connectivity index (χ4v) is 2.41. The fraction of sp³-hybridized carbons (Fsp3) is 0.846. The Hall–Kier alpha value is -0.340. The van der Waals surface area contributed by atoms with Gasteiger partial charge in [0.25, 0.3) is 0 Å². The van der Waals surface area contributed by atoms with E-state index >= 15 is 0 Å². The Kier molecular flexibility index (Phi) is 5.96. The molecule has 0 spiro atoms. The third-order valence-corrected chi connectivity index (χ3v) is 3.35. The van der Waals surface area contributed by atoms with Crippen molar-refractivity contribution in [1.82, 2.24) is 0 Å². The van der Waals surface area contributed by atoms with Crippen LogP contribution in [0.2, 0.25) is 0 Å². The largest absolute Gasteiger partial charge is 0.396 e. The van der Waals surface area contributed by atoms with Crippen LogP contribution in [0, 0.1) is 5.92 Å². The smallest absolute Gasteiger partial charge is 0.0605 e. The molecule has 0 aromatic rings. The molecule has 0 aliphatic heterocycles. The molecule has 1 atom stereocenters. The molecule has 88 valence electrons. The van der Waals surface area contributed by atoms with Gasteiger partial charge in [-0.3, -0.25) is 0 Å². The Morgan fingerprint density at radius 3 is 2.60 bits per heavy atom. The van der Waals surface area contributed by atoms with Gasteiger partial charge in [0.2, 0.25) is 0 Å². The molecule has 0 aromatic heterocycles. The molecule has 1 aliphatic carbocycles. The van der Waals surface area contributed by atoms with Gasteiger partial charge in [-0.2, -0.15) is 0 Å². The zero-order valence-electron chi connectivity index (χ0n) is 9.78. The number of hydrogen-bond acceptors (Lipinski definition) is 2. The highest BCUT2D eigenvalue weighted by atomic mass is 16.3. The topological polar surface area (TPSA) is 40.5 Å². The number of hydrogen-bond donors (Lipinski definition) is 2. The molecule has 15 heavy (non-hydrogen) atoms. The summed E-state index contributed by atoms with van der Waals surface area (Å²) in [6.45, 7) is 2.25. The molecule has 1 aliphatic rings. The van der Waals surface area contributed by atoms with E-state index in [2.05, 4.69) is 0 Å². The van der Waals surface area contributed by atoms with Gasteiger partial charge in [-0.1, -0.05) is 30.9 Å². The lowest BCUT2D eigenvalue weighted by atomic mass is 9.83. The van der Waals surface area contributed by atoms with Crippen LogP contribution in [0.25, 0.3) is 0 Å². The average molecular weight is 212 g/mol. The van der Waals surface area contributed by atoms with Crippen LogP contribution in [0.4, 0.5) is 0 Å². The van der Waals surface area contributed by atoms with Crippen molar-refractivity contribution in [1.29, 1.82) is 0 Å². The van der Waals surface area contributed by atoms with E-state index in [1.807, 2.05) is 13.0 Å². The number of aliphatic hydroxyl groups is 2. The molecular weight excluding hydrogens is 188 g/mol. The van der Waals surface area contributed by atoms with E-state index in [0.29, 0.717) is 12.3 Å². The molecule has 2 heteroatoms. The highest BCUT2D eigenvalue weighted by Crippen LogP contribution is 2.28. The average Bonchev–Trinajstić information content (AvgIpc) is 2.27. The second-order valence-corrected chi connectivity index (χ2v) is 4.73. The molecule has 2 nitrogen and oxygen atoms in total. The maximum atomic E-state index is 10.0. The molecule has 1 saturated carbocycles. The highest BCUT2D eigenvalue weighted by Gasteiger charge is 2.21. The minimum atomic E-state index is -0.166. The lowest BCUT2D eigenvalue weighted by Crippen LogP contribution is -2.23. The molecule has 2 N–H and O–H groups in total. The van der Waals surface area contributed by atoms with Crippen LogP contribution in [0.15, 0.2) is 11.6 Å². The second-order valence-electron chi connectivity index (χ2n) is 4.73. The van der Waals surface area contributed by atoms with Gasteiger partial charge >= 0.3 is 0 Å². The number of rotatable bonds is 5. The first-order valence-corrected chi connectivity index (χ1v) is 6.18. The minimum Gasteiger partial charge on any atom is -0.396 e. The van der Waals surface area contributed by atoms with Crippen LogP contribution in [-0.2, 0) is 0 Å². The van der Waals surface area contributed by atoms with Gasteiger partial charge in [-0.25, -0.2) is 0 Å². The summed E-state index contributed by atoms with van der Waals surface area (Å²) < 4.78 is 0. The van der Waals surface area contributed by atoms with Crippen molar-refractivity contribution in [2.45, 2.75) is 58.0 Å². The Labute approximate surface area is 93.0 Å². The summed E-state index contributed by atoms with van der Waals surface area (Å²) in [5, 5.41) is 18.7. The zero-order valence-corrected chi connectivity index (χ0v) is 9.78. The van der Waals surface area contributed by atoms with Crippen molar-refractivity contribution in [2.24, 2.45) is 5.92 Å². The summed E-state index contributed by atoms with van der Waals surface area (Å²) in [4.78, 5) is 0. The first-order chi connectivity index (χ1) is 7.24.